The lowest BCUT2D eigenvalue weighted by Crippen LogP contribution is -2.44. The van der Waals surface area contributed by atoms with Gasteiger partial charge in [-0.3, -0.25) is 9.63 Å². The molecule has 2 saturated heterocycles. The lowest BCUT2D eigenvalue weighted by atomic mass is 9.98. The van der Waals surface area contributed by atoms with E-state index in [1.165, 1.54) is 18.5 Å². The second-order valence-corrected chi connectivity index (χ2v) is 11.1. The van der Waals surface area contributed by atoms with Crippen LogP contribution in [0.5, 0.6) is 5.75 Å². The number of nitrogens with one attached hydrogen (secondary N) is 2. The Morgan fingerprint density at radius 2 is 1.85 bits per heavy atom. The number of rotatable bonds is 9. The molecule has 1 amide bonds. The first-order valence-electron chi connectivity index (χ1n) is 15.0. The topological polar surface area (TPSA) is 95.1 Å². The third-order valence-electron chi connectivity index (χ3n) is 8.18. The molecule has 2 aliphatic heterocycles. The lowest BCUT2D eigenvalue weighted by Gasteiger charge is -2.35. The second kappa shape index (κ2) is 13.5. The van der Waals surface area contributed by atoms with Crippen LogP contribution in [0.3, 0.4) is 0 Å². The van der Waals surface area contributed by atoms with E-state index in [2.05, 4.69) is 44.0 Å². The van der Waals surface area contributed by atoms with E-state index < -0.39 is 11.6 Å². The highest BCUT2D eigenvalue weighted by molar-refractivity contribution is 6.02. The summed E-state index contributed by atoms with van der Waals surface area (Å²) in [5.41, 5.74) is 3.69. The summed E-state index contributed by atoms with van der Waals surface area (Å²) in [5.74, 6) is -0.544. The number of nitrogens with zero attached hydrogens (tertiary/aromatic N) is 5. The van der Waals surface area contributed by atoms with Crippen LogP contribution in [0.2, 0.25) is 0 Å². The van der Waals surface area contributed by atoms with Gasteiger partial charge >= 0.3 is 0 Å². The second-order valence-electron chi connectivity index (χ2n) is 11.1. The predicted octanol–water partition coefficient (Wildman–Crippen LogP) is 5.93. The molecule has 3 heterocycles. The van der Waals surface area contributed by atoms with Crippen molar-refractivity contribution in [2.45, 2.75) is 12.5 Å². The Kier molecular flexibility index (Phi) is 9.08. The summed E-state index contributed by atoms with van der Waals surface area (Å²) in [6.45, 7) is 7.44. The van der Waals surface area contributed by atoms with Gasteiger partial charge in [0.1, 0.15) is 17.9 Å². The van der Waals surface area contributed by atoms with Gasteiger partial charge in [-0.05, 0) is 42.4 Å². The predicted molar refractivity (Wildman–Crippen MR) is 174 cm³/mol. The van der Waals surface area contributed by atoms with E-state index in [0.29, 0.717) is 47.4 Å². The molecule has 2 fully saturated rings. The molecule has 46 heavy (non-hydrogen) atoms. The quantitative estimate of drug-likeness (QED) is 0.219. The maximum atomic E-state index is 14.6. The first kappa shape index (κ1) is 30.9. The van der Waals surface area contributed by atoms with Crippen LogP contribution in [-0.2, 0) is 9.63 Å². The first-order valence-corrected chi connectivity index (χ1v) is 15.0. The van der Waals surface area contributed by atoms with Gasteiger partial charge in [0.15, 0.2) is 17.5 Å². The summed E-state index contributed by atoms with van der Waals surface area (Å²) >= 11 is 0. The smallest absolute Gasteiger partial charge is 0.247 e. The summed E-state index contributed by atoms with van der Waals surface area (Å²) in [4.78, 5) is 31.7. The van der Waals surface area contributed by atoms with E-state index >= 15 is 0 Å². The number of hydrogen-bond donors (Lipinski definition) is 2. The van der Waals surface area contributed by atoms with Crippen molar-refractivity contribution in [3.63, 3.8) is 0 Å². The molecule has 4 aromatic rings. The van der Waals surface area contributed by atoms with E-state index in [9.17, 15) is 13.6 Å². The summed E-state index contributed by atoms with van der Waals surface area (Å²) in [6.07, 6.45) is 3.33. The highest BCUT2D eigenvalue weighted by Crippen LogP contribution is 2.40. The van der Waals surface area contributed by atoms with Crippen LogP contribution in [0.1, 0.15) is 18.0 Å². The number of hydroxylamine groups is 1. The molecule has 0 aliphatic carbocycles. The van der Waals surface area contributed by atoms with Crippen molar-refractivity contribution in [2.75, 3.05) is 67.5 Å². The van der Waals surface area contributed by atoms with Crippen LogP contribution in [0.4, 0.5) is 37.5 Å². The third-order valence-corrected chi connectivity index (χ3v) is 8.18. The van der Waals surface area contributed by atoms with E-state index in [1.54, 1.807) is 30.4 Å². The van der Waals surface area contributed by atoms with Gasteiger partial charge in [-0.1, -0.05) is 36.9 Å². The third kappa shape index (κ3) is 6.49. The Hall–Kier alpha value is -5.07. The number of piperazine rings is 1. The molecule has 10 nitrogen and oxygen atoms in total. The number of carbonyl (C=O) groups excluding carboxylic acids is 1. The summed E-state index contributed by atoms with van der Waals surface area (Å²) < 4.78 is 34.3. The molecule has 3 aromatic carbocycles. The number of aromatic nitrogens is 2. The fourth-order valence-corrected chi connectivity index (χ4v) is 5.74. The summed E-state index contributed by atoms with van der Waals surface area (Å²) in [5, 5.41) is 7.96. The zero-order valence-corrected chi connectivity index (χ0v) is 25.7. The zero-order chi connectivity index (χ0) is 32.2. The maximum absolute atomic E-state index is 14.6. The largest absolute Gasteiger partial charge is 0.494 e. The molecule has 1 aromatic heterocycles. The number of amides is 1. The lowest BCUT2D eigenvalue weighted by molar-refractivity contribution is -0.111. The van der Waals surface area contributed by atoms with Crippen molar-refractivity contribution < 1.29 is 23.1 Å². The molecule has 1 atom stereocenters. The molecule has 0 radical (unpaired) electrons. The van der Waals surface area contributed by atoms with Gasteiger partial charge in [0.2, 0.25) is 5.91 Å². The number of methoxy groups -OCH3 is 1. The molecule has 2 N–H and O–H groups in total. The van der Waals surface area contributed by atoms with Gasteiger partial charge in [-0.15, -0.1) is 0 Å². The van der Waals surface area contributed by atoms with Crippen LogP contribution in [0.25, 0.3) is 11.1 Å². The van der Waals surface area contributed by atoms with E-state index in [-0.39, 0.29) is 17.5 Å². The molecule has 2 aliphatic rings. The molecule has 0 spiro atoms. The average molecular weight is 628 g/mol. The van der Waals surface area contributed by atoms with Gasteiger partial charge in [0.05, 0.1) is 36.8 Å². The van der Waals surface area contributed by atoms with Crippen molar-refractivity contribution >= 4 is 34.6 Å². The number of benzene rings is 3. The number of anilines is 5. The van der Waals surface area contributed by atoms with Gasteiger partial charge in [0.25, 0.3) is 0 Å². The molecular formula is C34H35F2N7O3. The average Bonchev–Trinajstić information content (AvgIpc) is 3.57. The van der Waals surface area contributed by atoms with Gasteiger partial charge in [0, 0.05) is 50.3 Å². The zero-order valence-electron chi connectivity index (χ0n) is 25.7. The van der Waals surface area contributed by atoms with Gasteiger partial charge in [-0.2, -0.15) is 0 Å². The monoisotopic (exact) mass is 627 g/mol. The SMILES string of the molecule is C=CC(=O)Nc1cc(Nc2cc(N3OCC[C@@H]3c3cccc(-c4cccc(F)c4F)c3)ncn2)c(OC)cc1N1CCN(C)CC1. The summed E-state index contributed by atoms with van der Waals surface area (Å²) in [6, 6.07) is 16.8. The Bertz CT molecular complexity index is 1750. The number of likely N-dealkylation sites (N-methyl/N-ethyl adjacent to an activating group) is 1. The Balaban J connectivity index is 1.28. The minimum absolute atomic E-state index is 0.192. The fraction of sp³-hybridized carbons (Fsp3) is 0.265. The van der Waals surface area contributed by atoms with E-state index in [1.807, 2.05) is 30.3 Å². The normalized spacial score (nSPS) is 16.7. The number of halogens is 2. The van der Waals surface area contributed by atoms with Crippen molar-refractivity contribution in [1.82, 2.24) is 14.9 Å². The van der Waals surface area contributed by atoms with E-state index in [4.69, 9.17) is 9.57 Å². The Morgan fingerprint density at radius 1 is 1.04 bits per heavy atom. The summed E-state index contributed by atoms with van der Waals surface area (Å²) in [7, 11) is 3.68. The molecular weight excluding hydrogens is 592 g/mol. The highest BCUT2D eigenvalue weighted by atomic mass is 19.2. The van der Waals surface area contributed by atoms with Crippen LogP contribution in [-0.4, -0.2) is 67.7 Å². The minimum Gasteiger partial charge on any atom is -0.494 e. The minimum atomic E-state index is -0.893. The Morgan fingerprint density at radius 3 is 2.63 bits per heavy atom. The van der Waals surface area contributed by atoms with Gasteiger partial charge in [-0.25, -0.2) is 23.8 Å². The van der Waals surface area contributed by atoms with Crippen molar-refractivity contribution in [1.29, 1.82) is 0 Å². The standard InChI is InChI=1S/C34H35F2N7O3/c1-4-33(44)40-26-18-27(30(45-3)19-29(26)42-14-12-41(2)13-15-42)39-31-20-32(38-21-37-31)43-28(11-16-46-43)23-8-5-7-22(17-23)24-9-6-10-25(35)34(24)36/h4-10,17-21,28H,1,11-16H2,2-3H3,(H,40,44)(H,37,38,39)/t28-/m1/s1. The molecule has 6 rings (SSSR count). The maximum Gasteiger partial charge on any atom is 0.247 e. The number of hydrogen-bond acceptors (Lipinski definition) is 9. The fourth-order valence-electron chi connectivity index (χ4n) is 5.74. The van der Waals surface area contributed by atoms with Crippen molar-refractivity contribution in [3.05, 3.63) is 96.8 Å². The van der Waals surface area contributed by atoms with E-state index in [0.717, 1.165) is 43.5 Å². The van der Waals surface area contributed by atoms with Gasteiger partial charge < -0.3 is 25.2 Å². The molecule has 0 bridgehead atoms. The highest BCUT2D eigenvalue weighted by Gasteiger charge is 2.30. The van der Waals surface area contributed by atoms with Crippen molar-refractivity contribution in [2.24, 2.45) is 0 Å². The molecule has 12 heteroatoms. The van der Waals surface area contributed by atoms with Crippen LogP contribution >= 0.6 is 0 Å². The number of carbonyl (C=O) groups is 1. The van der Waals surface area contributed by atoms with Crippen LogP contribution < -0.4 is 25.3 Å². The first-order chi connectivity index (χ1) is 22.3. The van der Waals surface area contributed by atoms with Crippen molar-refractivity contribution in [3.8, 4) is 16.9 Å². The molecule has 238 valence electrons. The number of ether oxygens (including phenoxy) is 1. The molecule has 0 unspecified atom stereocenters. The molecule has 0 saturated carbocycles. The van der Waals surface area contributed by atoms with Crippen LogP contribution in [0.15, 0.2) is 79.6 Å². The Labute approximate surface area is 266 Å². The van der Waals surface area contributed by atoms with Crippen LogP contribution in [0, 0.1) is 11.6 Å².